The number of benzene rings is 1. The van der Waals surface area contributed by atoms with Crippen LogP contribution >= 0.6 is 34.8 Å². The first-order valence-corrected chi connectivity index (χ1v) is 10.6. The Morgan fingerprint density at radius 3 is 2.44 bits per heavy atom. The molecule has 1 fully saturated rings. The minimum absolute atomic E-state index is 0.0136. The molecule has 0 radical (unpaired) electrons. The molecular weight excluding hydrogens is 411 g/mol. The molecule has 0 bridgehead atoms. The highest BCUT2D eigenvalue weighted by atomic mass is 35.5. The number of esters is 1. The fourth-order valence-corrected chi connectivity index (χ4v) is 4.67. The summed E-state index contributed by atoms with van der Waals surface area (Å²) < 4.78 is 10.5. The van der Waals surface area contributed by atoms with E-state index in [2.05, 4.69) is 4.74 Å². The molecule has 4 atom stereocenters. The molecule has 1 aromatic rings. The maximum atomic E-state index is 11.1. The van der Waals surface area contributed by atoms with Crippen molar-refractivity contribution in [2.75, 3.05) is 13.7 Å². The summed E-state index contributed by atoms with van der Waals surface area (Å²) in [5, 5.41) is 11.4. The van der Waals surface area contributed by atoms with Crippen LogP contribution in [0.2, 0.25) is 10.0 Å². The van der Waals surface area contributed by atoms with E-state index in [0.29, 0.717) is 35.2 Å². The zero-order valence-corrected chi connectivity index (χ0v) is 17.8. The van der Waals surface area contributed by atoms with Gasteiger partial charge in [0.2, 0.25) is 0 Å². The lowest BCUT2D eigenvalue weighted by atomic mass is 9.90. The number of ether oxygens (including phenoxy) is 2. The van der Waals surface area contributed by atoms with Gasteiger partial charge in [0.15, 0.2) is 0 Å². The Balaban J connectivity index is 1.78. The van der Waals surface area contributed by atoms with Gasteiger partial charge in [0.25, 0.3) is 0 Å². The molecular formula is C20H27Cl3O4. The standard InChI is InChI=1S/C20H27Cl3O4/c1-26-20(25)7-5-3-2-4-6-16-17(19(24)11-18(16)23)12-27-15-9-13(21)8-14(22)10-15/h8-10,16-19,24H,2-7,11-12H2,1H3/t16-,17?,18-,19?/m1/s1. The van der Waals surface area contributed by atoms with Crippen LogP contribution in [-0.2, 0) is 9.53 Å². The van der Waals surface area contributed by atoms with Crippen LogP contribution in [0.15, 0.2) is 18.2 Å². The SMILES string of the molecule is COC(=O)CCCCCC[C@@H]1C(COc2cc(Cl)cc(Cl)c2)C(O)C[C@H]1Cl. The zero-order valence-electron chi connectivity index (χ0n) is 15.5. The number of rotatable bonds is 10. The number of alkyl halides is 1. The lowest BCUT2D eigenvalue weighted by molar-refractivity contribution is -0.140. The molecule has 0 amide bonds. The molecule has 0 saturated heterocycles. The molecule has 1 aliphatic carbocycles. The number of methoxy groups -OCH3 is 1. The predicted octanol–water partition coefficient (Wildman–Crippen LogP) is 5.49. The summed E-state index contributed by atoms with van der Waals surface area (Å²) in [7, 11) is 1.41. The number of halogens is 3. The van der Waals surface area contributed by atoms with Crippen LogP contribution in [0.1, 0.15) is 44.9 Å². The number of hydrogen-bond acceptors (Lipinski definition) is 4. The molecule has 0 aromatic heterocycles. The third kappa shape index (κ3) is 7.34. The molecule has 2 rings (SSSR count). The van der Waals surface area contributed by atoms with Gasteiger partial charge in [-0.2, -0.15) is 0 Å². The van der Waals surface area contributed by atoms with Crippen molar-refractivity contribution >= 4 is 40.8 Å². The van der Waals surface area contributed by atoms with Gasteiger partial charge in [-0.05, 0) is 43.4 Å². The quantitative estimate of drug-likeness (QED) is 0.299. The molecule has 152 valence electrons. The number of aliphatic hydroxyl groups excluding tert-OH is 1. The van der Waals surface area contributed by atoms with Crippen LogP contribution in [0.4, 0.5) is 0 Å². The van der Waals surface area contributed by atoms with Crippen LogP contribution in [0.25, 0.3) is 0 Å². The van der Waals surface area contributed by atoms with Crippen LogP contribution in [0.3, 0.4) is 0 Å². The summed E-state index contributed by atoms with van der Waals surface area (Å²) in [4.78, 5) is 11.1. The molecule has 1 saturated carbocycles. The average Bonchev–Trinajstić information content (AvgIpc) is 2.88. The lowest BCUT2D eigenvalue weighted by Crippen LogP contribution is -2.27. The largest absolute Gasteiger partial charge is 0.493 e. The smallest absolute Gasteiger partial charge is 0.305 e. The van der Waals surface area contributed by atoms with Crippen LogP contribution < -0.4 is 4.74 Å². The van der Waals surface area contributed by atoms with Crippen LogP contribution in [0, 0.1) is 11.8 Å². The van der Waals surface area contributed by atoms with Gasteiger partial charge in [-0.25, -0.2) is 0 Å². The molecule has 27 heavy (non-hydrogen) atoms. The molecule has 1 N–H and O–H groups in total. The van der Waals surface area contributed by atoms with Gasteiger partial charge in [-0.1, -0.05) is 42.5 Å². The van der Waals surface area contributed by atoms with Crippen molar-refractivity contribution in [3.63, 3.8) is 0 Å². The van der Waals surface area contributed by atoms with E-state index >= 15 is 0 Å². The molecule has 7 heteroatoms. The molecule has 0 heterocycles. The Labute approximate surface area is 176 Å². The molecule has 1 aliphatic rings. The Morgan fingerprint density at radius 2 is 1.78 bits per heavy atom. The highest BCUT2D eigenvalue weighted by Crippen LogP contribution is 2.40. The summed E-state index contributed by atoms with van der Waals surface area (Å²) in [6.07, 6.45) is 5.39. The molecule has 0 aliphatic heterocycles. The molecule has 0 spiro atoms. The first-order chi connectivity index (χ1) is 12.9. The Morgan fingerprint density at radius 1 is 1.11 bits per heavy atom. The second-order valence-electron chi connectivity index (χ2n) is 7.09. The van der Waals surface area contributed by atoms with Crippen molar-refractivity contribution in [2.24, 2.45) is 11.8 Å². The molecule has 2 unspecified atom stereocenters. The number of carbonyl (C=O) groups excluding carboxylic acids is 1. The van der Waals surface area contributed by atoms with Crippen LogP contribution in [0.5, 0.6) is 5.75 Å². The summed E-state index contributed by atoms with van der Waals surface area (Å²) in [6.45, 7) is 0.383. The van der Waals surface area contributed by atoms with E-state index in [4.69, 9.17) is 39.5 Å². The van der Waals surface area contributed by atoms with Gasteiger partial charge in [0.05, 0.1) is 19.8 Å². The van der Waals surface area contributed by atoms with E-state index in [-0.39, 0.29) is 23.2 Å². The summed E-state index contributed by atoms with van der Waals surface area (Å²) in [6, 6.07) is 5.07. The highest BCUT2D eigenvalue weighted by Gasteiger charge is 2.41. The summed E-state index contributed by atoms with van der Waals surface area (Å²) >= 11 is 18.5. The second-order valence-corrected chi connectivity index (χ2v) is 8.53. The van der Waals surface area contributed by atoms with Gasteiger partial charge < -0.3 is 14.6 Å². The van der Waals surface area contributed by atoms with Gasteiger partial charge in [-0.3, -0.25) is 4.79 Å². The van der Waals surface area contributed by atoms with Crippen molar-refractivity contribution in [3.8, 4) is 5.75 Å². The minimum atomic E-state index is -0.466. The van der Waals surface area contributed by atoms with Crippen molar-refractivity contribution < 1.29 is 19.4 Å². The molecule has 4 nitrogen and oxygen atoms in total. The fourth-order valence-electron chi connectivity index (χ4n) is 3.67. The van der Waals surface area contributed by atoms with Crippen LogP contribution in [-0.4, -0.2) is 36.3 Å². The number of hydrogen-bond donors (Lipinski definition) is 1. The van der Waals surface area contributed by atoms with E-state index in [1.807, 2.05) is 0 Å². The van der Waals surface area contributed by atoms with Gasteiger partial charge in [-0.15, -0.1) is 11.6 Å². The normalized spacial score (nSPS) is 24.8. The maximum Gasteiger partial charge on any atom is 0.305 e. The second kappa shape index (κ2) is 11.4. The van der Waals surface area contributed by atoms with Crippen molar-refractivity contribution in [2.45, 2.75) is 56.4 Å². The Hall–Kier alpha value is -0.680. The van der Waals surface area contributed by atoms with E-state index in [1.54, 1.807) is 18.2 Å². The lowest BCUT2D eigenvalue weighted by Gasteiger charge is -2.23. The van der Waals surface area contributed by atoms with Gasteiger partial charge in [0, 0.05) is 27.8 Å². The number of unbranched alkanes of at least 4 members (excludes halogenated alkanes) is 3. The maximum absolute atomic E-state index is 11.1. The van der Waals surface area contributed by atoms with E-state index < -0.39 is 6.10 Å². The average molecular weight is 438 g/mol. The monoisotopic (exact) mass is 436 g/mol. The number of carbonyl (C=O) groups is 1. The fraction of sp³-hybridized carbons (Fsp3) is 0.650. The van der Waals surface area contributed by atoms with Gasteiger partial charge in [0.1, 0.15) is 5.75 Å². The number of aliphatic hydroxyl groups is 1. The zero-order chi connectivity index (χ0) is 19.8. The Bertz CT molecular complexity index is 591. The summed E-state index contributed by atoms with van der Waals surface area (Å²) in [5.74, 6) is 0.629. The first-order valence-electron chi connectivity index (χ1n) is 9.38. The first kappa shape index (κ1) is 22.6. The Kier molecular flexibility index (Phi) is 9.51. The third-order valence-electron chi connectivity index (χ3n) is 5.15. The topological polar surface area (TPSA) is 55.8 Å². The van der Waals surface area contributed by atoms with E-state index in [9.17, 15) is 9.90 Å². The minimum Gasteiger partial charge on any atom is -0.493 e. The van der Waals surface area contributed by atoms with Gasteiger partial charge >= 0.3 is 5.97 Å². The predicted molar refractivity (Wildman–Crippen MR) is 109 cm³/mol. The highest BCUT2D eigenvalue weighted by molar-refractivity contribution is 6.34. The van der Waals surface area contributed by atoms with E-state index in [1.165, 1.54) is 7.11 Å². The molecule has 1 aromatic carbocycles. The van der Waals surface area contributed by atoms with Crippen molar-refractivity contribution in [1.29, 1.82) is 0 Å². The summed E-state index contributed by atoms with van der Waals surface area (Å²) in [5.41, 5.74) is 0. The third-order valence-corrected chi connectivity index (χ3v) is 6.09. The van der Waals surface area contributed by atoms with Crippen molar-refractivity contribution in [3.05, 3.63) is 28.2 Å². The van der Waals surface area contributed by atoms with Crippen molar-refractivity contribution in [1.82, 2.24) is 0 Å². The van der Waals surface area contributed by atoms with E-state index in [0.717, 1.165) is 32.1 Å².